The van der Waals surface area contributed by atoms with E-state index in [1.54, 1.807) is 12.1 Å². The summed E-state index contributed by atoms with van der Waals surface area (Å²) in [5.41, 5.74) is 1.71. The molecule has 0 bridgehead atoms. The Labute approximate surface area is 185 Å². The van der Waals surface area contributed by atoms with E-state index in [9.17, 15) is 13.2 Å². The van der Waals surface area contributed by atoms with E-state index >= 15 is 0 Å². The second-order valence-electron chi connectivity index (χ2n) is 7.57. The van der Waals surface area contributed by atoms with Crippen molar-refractivity contribution in [3.05, 3.63) is 59.8 Å². The minimum atomic E-state index is -3.50. The Kier molecular flexibility index (Phi) is 5.32. The lowest BCUT2D eigenvalue weighted by Crippen LogP contribution is -2.28. The Morgan fingerprint density at radius 3 is 2.53 bits per heavy atom. The predicted molar refractivity (Wildman–Crippen MR) is 114 cm³/mol. The van der Waals surface area contributed by atoms with Crippen molar-refractivity contribution in [1.82, 2.24) is 14.8 Å². The summed E-state index contributed by atoms with van der Waals surface area (Å²) in [5.74, 6) is 1.54. The van der Waals surface area contributed by atoms with Crippen molar-refractivity contribution < 1.29 is 27.2 Å². The number of aromatic nitrogens is 1. The maximum Gasteiger partial charge on any atom is 0.251 e. The zero-order valence-electron chi connectivity index (χ0n) is 17.1. The minimum absolute atomic E-state index is 0.167. The fourth-order valence-electron chi connectivity index (χ4n) is 3.71. The quantitative estimate of drug-likeness (QED) is 0.608. The topological polar surface area (TPSA) is 111 Å². The number of sulfonamides is 1. The van der Waals surface area contributed by atoms with Gasteiger partial charge in [-0.05, 0) is 55.3 Å². The molecule has 0 spiro atoms. The van der Waals surface area contributed by atoms with Crippen LogP contribution in [0.5, 0.6) is 11.5 Å². The van der Waals surface area contributed by atoms with Crippen LogP contribution in [0.1, 0.15) is 28.9 Å². The van der Waals surface area contributed by atoms with Gasteiger partial charge in [-0.2, -0.15) is 4.31 Å². The van der Waals surface area contributed by atoms with E-state index in [1.165, 1.54) is 28.6 Å². The van der Waals surface area contributed by atoms with Gasteiger partial charge in [0.05, 0.1) is 11.4 Å². The van der Waals surface area contributed by atoms with Crippen LogP contribution in [0.4, 0.5) is 0 Å². The van der Waals surface area contributed by atoms with Crippen LogP contribution >= 0.6 is 0 Å². The van der Waals surface area contributed by atoms with Crippen LogP contribution in [-0.2, 0) is 16.6 Å². The molecule has 1 aromatic heterocycles. The van der Waals surface area contributed by atoms with E-state index in [-0.39, 0.29) is 24.1 Å². The molecule has 5 rings (SSSR count). The molecule has 32 heavy (non-hydrogen) atoms. The fraction of sp³-hybridized carbons (Fsp3) is 0.273. The third-order valence-corrected chi connectivity index (χ3v) is 7.38. The van der Waals surface area contributed by atoms with E-state index in [4.69, 9.17) is 14.0 Å². The first-order valence-electron chi connectivity index (χ1n) is 10.2. The maximum atomic E-state index is 12.6. The molecule has 3 heterocycles. The Balaban J connectivity index is 1.22. The van der Waals surface area contributed by atoms with Gasteiger partial charge < -0.3 is 19.3 Å². The number of ether oxygens (including phenoxy) is 2. The van der Waals surface area contributed by atoms with Crippen molar-refractivity contribution in [3.63, 3.8) is 0 Å². The first kappa shape index (κ1) is 20.5. The highest BCUT2D eigenvalue weighted by atomic mass is 32.2. The summed E-state index contributed by atoms with van der Waals surface area (Å²) in [6.07, 6.45) is 1.75. The van der Waals surface area contributed by atoms with Crippen molar-refractivity contribution in [2.45, 2.75) is 24.3 Å². The SMILES string of the molecule is O=C(NCc1cc(-c2ccc3c(c2)OCO3)on1)c1ccc(S(=O)(=O)N2CCCC2)cc1. The number of hydrogen-bond acceptors (Lipinski definition) is 7. The van der Waals surface area contributed by atoms with Gasteiger partial charge >= 0.3 is 0 Å². The van der Waals surface area contributed by atoms with Crippen LogP contribution in [0.3, 0.4) is 0 Å². The molecule has 0 radical (unpaired) electrons. The number of carbonyl (C=O) groups is 1. The summed E-state index contributed by atoms with van der Waals surface area (Å²) in [6.45, 7) is 1.44. The molecule has 0 unspecified atom stereocenters. The molecule has 0 aliphatic carbocycles. The summed E-state index contributed by atoms with van der Waals surface area (Å²) in [6, 6.07) is 13.2. The van der Waals surface area contributed by atoms with Gasteiger partial charge in [-0.25, -0.2) is 8.42 Å². The lowest BCUT2D eigenvalue weighted by molar-refractivity contribution is 0.0950. The van der Waals surface area contributed by atoms with Crippen molar-refractivity contribution in [2.24, 2.45) is 0 Å². The Morgan fingerprint density at radius 1 is 1.00 bits per heavy atom. The summed E-state index contributed by atoms with van der Waals surface area (Å²) in [5, 5.41) is 6.76. The molecule has 2 aromatic carbocycles. The van der Waals surface area contributed by atoms with Gasteiger partial charge in [0.2, 0.25) is 16.8 Å². The first-order chi connectivity index (χ1) is 15.5. The van der Waals surface area contributed by atoms with E-state index in [2.05, 4.69) is 10.5 Å². The van der Waals surface area contributed by atoms with Gasteiger partial charge in [-0.1, -0.05) is 5.16 Å². The van der Waals surface area contributed by atoms with Gasteiger partial charge in [0.15, 0.2) is 17.3 Å². The number of benzene rings is 2. The number of fused-ring (bicyclic) bond motifs is 1. The molecule has 166 valence electrons. The summed E-state index contributed by atoms with van der Waals surface area (Å²) in [4.78, 5) is 12.7. The first-order valence-corrected chi connectivity index (χ1v) is 11.7. The minimum Gasteiger partial charge on any atom is -0.454 e. The van der Waals surface area contributed by atoms with Crippen molar-refractivity contribution in [2.75, 3.05) is 19.9 Å². The molecule has 10 heteroatoms. The lowest BCUT2D eigenvalue weighted by atomic mass is 10.1. The van der Waals surface area contributed by atoms with Crippen LogP contribution in [0.2, 0.25) is 0 Å². The average Bonchev–Trinajstić information content (AvgIpc) is 3.58. The second-order valence-corrected chi connectivity index (χ2v) is 9.51. The van der Waals surface area contributed by atoms with E-state index in [0.717, 1.165) is 18.4 Å². The molecule has 1 fully saturated rings. The molecule has 0 atom stereocenters. The van der Waals surface area contributed by atoms with Crippen LogP contribution < -0.4 is 14.8 Å². The zero-order chi connectivity index (χ0) is 22.1. The molecule has 0 saturated carbocycles. The standard InChI is InChI=1S/C22H21N3O6S/c26-22(15-3-6-18(7-4-15)32(27,28)25-9-1-2-10-25)23-13-17-12-20(31-24-17)16-5-8-19-21(11-16)30-14-29-19/h3-8,11-12H,1-2,9-10,13-14H2,(H,23,26). The van der Waals surface area contributed by atoms with Crippen LogP contribution in [-0.4, -0.2) is 43.7 Å². The zero-order valence-corrected chi connectivity index (χ0v) is 17.9. The Bertz CT molecular complexity index is 1250. The molecule has 2 aliphatic rings. The highest BCUT2D eigenvalue weighted by Crippen LogP contribution is 2.36. The van der Waals surface area contributed by atoms with Crippen molar-refractivity contribution in [3.8, 4) is 22.8 Å². The molecule has 1 amide bonds. The molecule has 2 aliphatic heterocycles. The van der Waals surface area contributed by atoms with Crippen LogP contribution in [0.25, 0.3) is 11.3 Å². The summed E-state index contributed by atoms with van der Waals surface area (Å²) < 4.78 is 42.7. The third-order valence-electron chi connectivity index (χ3n) is 5.47. The number of nitrogens with zero attached hydrogens (tertiary/aromatic N) is 2. The summed E-state index contributed by atoms with van der Waals surface area (Å²) >= 11 is 0. The maximum absolute atomic E-state index is 12.6. The lowest BCUT2D eigenvalue weighted by Gasteiger charge is -2.15. The number of nitrogens with one attached hydrogen (secondary N) is 1. The molecule has 9 nitrogen and oxygen atoms in total. The summed E-state index contributed by atoms with van der Waals surface area (Å²) in [7, 11) is -3.50. The fourth-order valence-corrected chi connectivity index (χ4v) is 5.23. The van der Waals surface area contributed by atoms with E-state index < -0.39 is 10.0 Å². The van der Waals surface area contributed by atoms with Crippen LogP contribution in [0.15, 0.2) is 57.9 Å². The number of rotatable bonds is 6. The molecule has 1 N–H and O–H groups in total. The van der Waals surface area contributed by atoms with E-state index in [1.807, 2.05) is 12.1 Å². The molecule has 3 aromatic rings. The third kappa shape index (κ3) is 3.94. The van der Waals surface area contributed by atoms with Crippen LogP contribution in [0, 0.1) is 0 Å². The van der Waals surface area contributed by atoms with Gasteiger partial charge in [-0.3, -0.25) is 4.79 Å². The van der Waals surface area contributed by atoms with E-state index in [0.29, 0.717) is 41.6 Å². The smallest absolute Gasteiger partial charge is 0.251 e. The highest BCUT2D eigenvalue weighted by Gasteiger charge is 2.27. The van der Waals surface area contributed by atoms with Gasteiger partial charge in [0.25, 0.3) is 5.91 Å². The average molecular weight is 455 g/mol. The van der Waals surface area contributed by atoms with Gasteiger partial charge in [-0.15, -0.1) is 0 Å². The number of carbonyl (C=O) groups excluding carboxylic acids is 1. The molecular formula is C22H21N3O6S. The molecular weight excluding hydrogens is 434 g/mol. The Hall–Kier alpha value is -3.37. The number of amides is 1. The normalized spacial score (nSPS) is 15.8. The largest absolute Gasteiger partial charge is 0.454 e. The number of hydrogen-bond donors (Lipinski definition) is 1. The second kappa shape index (κ2) is 8.29. The van der Waals surface area contributed by atoms with Gasteiger partial charge in [0, 0.05) is 30.3 Å². The molecule has 1 saturated heterocycles. The Morgan fingerprint density at radius 2 is 1.75 bits per heavy atom. The highest BCUT2D eigenvalue weighted by molar-refractivity contribution is 7.89. The van der Waals surface area contributed by atoms with Crippen molar-refractivity contribution >= 4 is 15.9 Å². The predicted octanol–water partition coefficient (Wildman–Crippen LogP) is 2.78. The van der Waals surface area contributed by atoms with Crippen molar-refractivity contribution in [1.29, 1.82) is 0 Å². The monoisotopic (exact) mass is 455 g/mol. The van der Waals surface area contributed by atoms with Gasteiger partial charge in [0.1, 0.15) is 5.69 Å².